The van der Waals surface area contributed by atoms with Crippen LogP contribution in [-0.2, 0) is 19.0 Å². The first-order valence-corrected chi connectivity index (χ1v) is 6.41. The fraction of sp³-hybridized carbons (Fsp3) is 0.846. The number of epoxide rings is 1. The topological polar surface area (TPSA) is 97.4 Å². The summed E-state index contributed by atoms with van der Waals surface area (Å²) in [5, 5.41) is 12.4. The Balaban J connectivity index is 2.74. The molecule has 0 aromatic heterocycles. The number of amides is 1. The average molecular weight is 289 g/mol. The number of aliphatic hydroxyl groups excluding tert-OH is 1. The van der Waals surface area contributed by atoms with Gasteiger partial charge in [0.05, 0.1) is 18.8 Å². The van der Waals surface area contributed by atoms with Crippen molar-refractivity contribution in [3.63, 3.8) is 0 Å². The quantitative estimate of drug-likeness (QED) is 0.581. The molecule has 1 aliphatic rings. The van der Waals surface area contributed by atoms with Crippen LogP contribution in [0.4, 0.5) is 4.79 Å². The van der Waals surface area contributed by atoms with E-state index < -0.39 is 41.5 Å². The van der Waals surface area contributed by atoms with Crippen LogP contribution < -0.4 is 5.32 Å². The van der Waals surface area contributed by atoms with E-state index >= 15 is 0 Å². The Morgan fingerprint density at radius 2 is 1.85 bits per heavy atom. The van der Waals surface area contributed by atoms with E-state index in [1.807, 2.05) is 0 Å². The lowest BCUT2D eigenvalue weighted by Crippen LogP contribution is -2.52. The minimum Gasteiger partial charge on any atom is -0.467 e. The number of aliphatic hydroxyl groups is 1. The maximum atomic E-state index is 11.8. The molecule has 1 rings (SSSR count). The van der Waals surface area contributed by atoms with Crippen LogP contribution in [0.25, 0.3) is 0 Å². The predicted octanol–water partition coefficient (Wildman–Crippen LogP) is 0.591. The van der Waals surface area contributed by atoms with Gasteiger partial charge in [0.25, 0.3) is 0 Å². The van der Waals surface area contributed by atoms with E-state index in [-0.39, 0.29) is 0 Å². The Hall–Kier alpha value is -1.34. The van der Waals surface area contributed by atoms with E-state index in [9.17, 15) is 14.7 Å². The summed E-state index contributed by atoms with van der Waals surface area (Å²) in [4.78, 5) is 23.2. The zero-order chi connectivity index (χ0) is 15.7. The van der Waals surface area contributed by atoms with E-state index in [1.165, 1.54) is 0 Å². The number of carbonyl (C=O) groups is 2. The first-order valence-electron chi connectivity index (χ1n) is 6.41. The molecular formula is C13H23NO6. The van der Waals surface area contributed by atoms with Gasteiger partial charge >= 0.3 is 12.1 Å². The van der Waals surface area contributed by atoms with Crippen LogP contribution in [-0.4, -0.2) is 53.7 Å². The van der Waals surface area contributed by atoms with Crippen molar-refractivity contribution in [3.05, 3.63) is 0 Å². The summed E-state index contributed by atoms with van der Waals surface area (Å²) >= 11 is 0. The third-order valence-electron chi connectivity index (χ3n) is 2.85. The summed E-state index contributed by atoms with van der Waals surface area (Å²) in [6.07, 6.45) is -2.72. The number of nitrogens with one attached hydrogen (secondary N) is 1. The Bertz CT molecular complexity index is 387. The van der Waals surface area contributed by atoms with Crippen LogP contribution in [0.1, 0.15) is 34.6 Å². The van der Waals surface area contributed by atoms with Crippen molar-refractivity contribution in [2.75, 3.05) is 7.11 Å². The maximum Gasteiger partial charge on any atom is 0.408 e. The van der Waals surface area contributed by atoms with Crippen LogP contribution in [0.2, 0.25) is 0 Å². The predicted molar refractivity (Wildman–Crippen MR) is 70.1 cm³/mol. The molecule has 0 aliphatic carbocycles. The number of ether oxygens (including phenoxy) is 3. The largest absolute Gasteiger partial charge is 0.467 e. The normalized spacial score (nSPS) is 23.4. The first-order chi connectivity index (χ1) is 8.98. The molecule has 7 nitrogen and oxygen atoms in total. The molecule has 0 radical (unpaired) electrons. The zero-order valence-corrected chi connectivity index (χ0v) is 12.7. The van der Waals surface area contributed by atoms with E-state index in [2.05, 4.69) is 10.1 Å². The van der Waals surface area contributed by atoms with Gasteiger partial charge in [0.15, 0.2) is 6.10 Å². The fourth-order valence-corrected chi connectivity index (χ4v) is 1.83. The van der Waals surface area contributed by atoms with Gasteiger partial charge in [-0.2, -0.15) is 0 Å². The molecule has 1 heterocycles. The van der Waals surface area contributed by atoms with Crippen LogP contribution in [0.3, 0.4) is 0 Å². The summed E-state index contributed by atoms with van der Waals surface area (Å²) in [6, 6.07) is -0.924. The second kappa shape index (κ2) is 5.57. The lowest BCUT2D eigenvalue weighted by molar-refractivity contribution is -0.152. The zero-order valence-electron chi connectivity index (χ0n) is 12.7. The Morgan fingerprint density at radius 3 is 2.20 bits per heavy atom. The summed E-state index contributed by atoms with van der Waals surface area (Å²) in [7, 11) is 1.16. The Morgan fingerprint density at radius 1 is 1.35 bits per heavy atom. The van der Waals surface area contributed by atoms with Crippen molar-refractivity contribution < 1.29 is 28.9 Å². The van der Waals surface area contributed by atoms with Crippen molar-refractivity contribution in [2.24, 2.45) is 0 Å². The molecule has 1 amide bonds. The number of hydrogen-bond donors (Lipinski definition) is 2. The van der Waals surface area contributed by atoms with E-state index in [0.717, 1.165) is 7.11 Å². The van der Waals surface area contributed by atoms with Crippen molar-refractivity contribution in [2.45, 2.75) is 64.1 Å². The molecule has 0 saturated carbocycles. The summed E-state index contributed by atoms with van der Waals surface area (Å²) in [5.41, 5.74) is -1.19. The minimum atomic E-state index is -1.51. The molecule has 116 valence electrons. The lowest BCUT2D eigenvalue weighted by atomic mass is 9.99. The Kier molecular flexibility index (Phi) is 4.66. The second-order valence-corrected chi connectivity index (χ2v) is 6.28. The van der Waals surface area contributed by atoms with Crippen LogP contribution in [0, 0.1) is 0 Å². The standard InChI is InChI=1S/C13H23NO6/c1-12(2,3)20-11(17)14-7(8(15)10(16)18-6)9-13(4,5)19-9/h7-9,15H,1-6H3,(H,14,17)/t7-,8-,9+/m1/s1. The fourth-order valence-electron chi connectivity index (χ4n) is 1.83. The van der Waals surface area contributed by atoms with Gasteiger partial charge in [-0.1, -0.05) is 0 Å². The van der Waals surface area contributed by atoms with E-state index in [4.69, 9.17) is 9.47 Å². The highest BCUT2D eigenvalue weighted by atomic mass is 16.6. The van der Waals surface area contributed by atoms with Crippen LogP contribution in [0.5, 0.6) is 0 Å². The molecule has 0 spiro atoms. The highest BCUT2D eigenvalue weighted by Crippen LogP contribution is 2.38. The van der Waals surface area contributed by atoms with Gasteiger partial charge in [0, 0.05) is 0 Å². The minimum absolute atomic E-state index is 0.482. The number of rotatable bonds is 4. The van der Waals surface area contributed by atoms with Gasteiger partial charge in [-0.05, 0) is 34.6 Å². The smallest absolute Gasteiger partial charge is 0.408 e. The molecule has 0 bridgehead atoms. The third kappa shape index (κ3) is 4.35. The molecule has 20 heavy (non-hydrogen) atoms. The van der Waals surface area contributed by atoms with E-state index in [1.54, 1.807) is 34.6 Å². The molecule has 1 saturated heterocycles. The molecular weight excluding hydrogens is 266 g/mol. The molecule has 3 atom stereocenters. The number of alkyl carbamates (subject to hydrolysis) is 1. The number of hydrogen-bond acceptors (Lipinski definition) is 6. The summed E-state index contributed by atoms with van der Waals surface area (Å²) in [5.74, 6) is -0.836. The van der Waals surface area contributed by atoms with Gasteiger partial charge in [0.1, 0.15) is 11.7 Å². The highest BCUT2D eigenvalue weighted by Gasteiger charge is 2.56. The van der Waals surface area contributed by atoms with Crippen molar-refractivity contribution in [3.8, 4) is 0 Å². The number of methoxy groups -OCH3 is 1. The van der Waals surface area contributed by atoms with Crippen LogP contribution >= 0.6 is 0 Å². The summed E-state index contributed by atoms with van der Waals surface area (Å²) in [6.45, 7) is 8.75. The van der Waals surface area contributed by atoms with Crippen LogP contribution in [0.15, 0.2) is 0 Å². The van der Waals surface area contributed by atoms with Gasteiger partial charge in [-0.15, -0.1) is 0 Å². The molecule has 1 fully saturated rings. The molecule has 0 unspecified atom stereocenters. The molecule has 7 heteroatoms. The second-order valence-electron chi connectivity index (χ2n) is 6.28. The third-order valence-corrected chi connectivity index (χ3v) is 2.85. The van der Waals surface area contributed by atoms with Gasteiger partial charge in [-0.3, -0.25) is 0 Å². The van der Waals surface area contributed by atoms with Gasteiger partial charge in [0.2, 0.25) is 0 Å². The molecule has 0 aromatic carbocycles. The SMILES string of the molecule is COC(=O)[C@H](O)[C@@H](NC(=O)OC(C)(C)C)[C@@H]1OC1(C)C. The lowest BCUT2D eigenvalue weighted by Gasteiger charge is -2.25. The summed E-state index contributed by atoms with van der Waals surface area (Å²) < 4.78 is 15.0. The number of esters is 1. The van der Waals surface area contributed by atoms with Crippen molar-refractivity contribution >= 4 is 12.1 Å². The monoisotopic (exact) mass is 289 g/mol. The molecule has 1 aliphatic heterocycles. The van der Waals surface area contributed by atoms with Gasteiger partial charge in [-0.25, -0.2) is 9.59 Å². The van der Waals surface area contributed by atoms with Gasteiger partial charge < -0.3 is 24.6 Å². The van der Waals surface area contributed by atoms with E-state index in [0.29, 0.717) is 0 Å². The first kappa shape index (κ1) is 16.7. The van der Waals surface area contributed by atoms with Crippen molar-refractivity contribution in [1.82, 2.24) is 5.32 Å². The highest BCUT2D eigenvalue weighted by molar-refractivity contribution is 5.77. The molecule has 2 N–H and O–H groups in total. The Labute approximate surface area is 118 Å². The average Bonchev–Trinajstić information content (AvgIpc) is 2.90. The maximum absolute atomic E-state index is 11.8. The molecule has 0 aromatic rings. The van der Waals surface area contributed by atoms with Crippen molar-refractivity contribution in [1.29, 1.82) is 0 Å². The number of carbonyl (C=O) groups excluding carboxylic acids is 2.